The SMILES string of the molecule is C=CC(=O)N1[C@H](C)CN(c2c(C#N)c(=O)n(-c3c(C)ccnc3C(C)C)c3nc(-c4c(O)c(Cl)c(F)c(Cl)c4Cl)c(Cl)cc23)C[C@@H]1C. The summed E-state index contributed by atoms with van der Waals surface area (Å²) in [6.45, 7) is 13.5. The molecule has 5 rings (SSSR count). The number of pyridine rings is 3. The molecular formula is C33H29Cl4FN6O3. The van der Waals surface area contributed by atoms with Gasteiger partial charge in [-0.15, -0.1) is 0 Å². The Bertz CT molecular complexity index is 2050. The predicted octanol–water partition coefficient (Wildman–Crippen LogP) is 7.82. The Morgan fingerprint density at radius 3 is 2.36 bits per heavy atom. The minimum absolute atomic E-state index is 0.0540. The van der Waals surface area contributed by atoms with Crippen LogP contribution in [0, 0.1) is 24.1 Å². The molecule has 1 saturated heterocycles. The van der Waals surface area contributed by atoms with Crippen LogP contribution in [0.15, 0.2) is 35.8 Å². The topological polar surface area (TPSA) is 115 Å². The Hall–Kier alpha value is -3.88. The van der Waals surface area contributed by atoms with Gasteiger partial charge < -0.3 is 14.9 Å². The second-order valence-corrected chi connectivity index (χ2v) is 13.3. The fraction of sp³-hybridized carbons (Fsp3) is 0.303. The molecule has 0 unspecified atom stereocenters. The number of carbonyl (C=O) groups excluding carboxylic acids is 1. The van der Waals surface area contributed by atoms with Crippen LogP contribution in [-0.4, -0.2) is 55.6 Å². The Kier molecular flexibility index (Phi) is 9.50. The molecule has 1 N–H and O–H groups in total. The summed E-state index contributed by atoms with van der Waals surface area (Å²) < 4.78 is 15.9. The van der Waals surface area contributed by atoms with E-state index in [0.717, 1.165) is 0 Å². The highest BCUT2D eigenvalue weighted by atomic mass is 35.5. The van der Waals surface area contributed by atoms with Gasteiger partial charge in [-0.2, -0.15) is 5.26 Å². The standard InChI is InChI=1S/C33H29Cl4FN6O3/c1-7-21(45)43-16(5)12-42(13-17(43)6)30-18-10-20(34)28(22-23(35)24(36)26(38)25(37)31(22)46)41-32(18)44(33(47)19(30)11-39)29-15(4)8-9-40-27(29)14(2)3/h7-10,14,16-17,46H,1,12-13H2,2-6H3/t16-,17+. The number of benzene rings is 1. The van der Waals surface area contributed by atoms with Crippen molar-refractivity contribution in [2.75, 3.05) is 18.0 Å². The number of nitrogens with zero attached hydrogens (tertiary/aromatic N) is 6. The van der Waals surface area contributed by atoms with Crippen molar-refractivity contribution in [2.45, 2.75) is 52.6 Å². The summed E-state index contributed by atoms with van der Waals surface area (Å²) >= 11 is 25.5. The molecule has 1 aromatic carbocycles. The molecule has 0 saturated carbocycles. The Morgan fingerprint density at radius 2 is 1.79 bits per heavy atom. The summed E-state index contributed by atoms with van der Waals surface area (Å²) in [6.07, 6.45) is 2.88. The van der Waals surface area contributed by atoms with E-state index in [1.807, 2.05) is 32.6 Å². The monoisotopic (exact) mass is 716 g/mol. The first-order chi connectivity index (χ1) is 22.2. The quantitative estimate of drug-likeness (QED) is 0.127. The molecule has 1 aliphatic heterocycles. The van der Waals surface area contributed by atoms with E-state index in [1.165, 1.54) is 16.7 Å². The summed E-state index contributed by atoms with van der Waals surface area (Å²) in [5.41, 5.74) is 0.753. The molecule has 0 aliphatic carbocycles. The van der Waals surface area contributed by atoms with E-state index >= 15 is 0 Å². The molecule has 0 spiro atoms. The second kappa shape index (κ2) is 13.0. The molecule has 0 bridgehead atoms. The molecule has 244 valence electrons. The highest BCUT2D eigenvalue weighted by Crippen LogP contribution is 2.49. The molecule has 9 nitrogen and oxygen atoms in total. The number of hydrogen-bond donors (Lipinski definition) is 1. The minimum atomic E-state index is -1.13. The fourth-order valence-corrected chi connectivity index (χ4v) is 7.18. The van der Waals surface area contributed by atoms with Crippen molar-refractivity contribution >= 4 is 69.0 Å². The van der Waals surface area contributed by atoms with Crippen molar-refractivity contribution in [2.24, 2.45) is 0 Å². The average Bonchev–Trinajstić information content (AvgIpc) is 3.02. The number of carbonyl (C=O) groups is 1. The number of fused-ring (bicyclic) bond motifs is 1. The molecule has 4 aromatic rings. The number of aromatic hydroxyl groups is 1. The van der Waals surface area contributed by atoms with Crippen molar-refractivity contribution in [3.05, 3.63) is 84.1 Å². The summed E-state index contributed by atoms with van der Waals surface area (Å²) in [7, 11) is 0. The van der Waals surface area contributed by atoms with E-state index < -0.39 is 32.2 Å². The number of phenolic OH excluding ortho intramolecular Hbond substituents is 1. The molecule has 1 aliphatic rings. The molecule has 0 radical (unpaired) electrons. The van der Waals surface area contributed by atoms with Crippen molar-refractivity contribution in [1.29, 1.82) is 5.26 Å². The lowest BCUT2D eigenvalue weighted by molar-refractivity contribution is -0.130. The van der Waals surface area contributed by atoms with Gasteiger partial charge in [-0.3, -0.25) is 19.1 Å². The summed E-state index contributed by atoms with van der Waals surface area (Å²) in [6, 6.07) is 4.72. The highest BCUT2D eigenvalue weighted by molar-refractivity contribution is 6.46. The number of piperazine rings is 1. The second-order valence-electron chi connectivity index (χ2n) is 11.7. The summed E-state index contributed by atoms with van der Waals surface area (Å²) in [5, 5.41) is 20.1. The summed E-state index contributed by atoms with van der Waals surface area (Å²) in [5.74, 6) is -2.25. The van der Waals surface area contributed by atoms with Gasteiger partial charge in [-0.25, -0.2) is 9.37 Å². The normalized spacial score (nSPS) is 16.6. The van der Waals surface area contributed by atoms with E-state index in [0.29, 0.717) is 22.3 Å². The van der Waals surface area contributed by atoms with E-state index in [4.69, 9.17) is 51.4 Å². The van der Waals surface area contributed by atoms with Gasteiger partial charge >= 0.3 is 0 Å². The number of hydrogen-bond acceptors (Lipinski definition) is 7. The van der Waals surface area contributed by atoms with Crippen LogP contribution >= 0.6 is 46.4 Å². The van der Waals surface area contributed by atoms with Crippen LogP contribution in [0.4, 0.5) is 10.1 Å². The van der Waals surface area contributed by atoms with Gasteiger partial charge in [0, 0.05) is 36.8 Å². The number of rotatable bonds is 5. The van der Waals surface area contributed by atoms with Crippen LogP contribution in [0.1, 0.15) is 50.4 Å². The largest absolute Gasteiger partial charge is 0.506 e. The first-order valence-electron chi connectivity index (χ1n) is 14.6. The third kappa shape index (κ3) is 5.59. The van der Waals surface area contributed by atoms with Crippen molar-refractivity contribution in [3.63, 3.8) is 0 Å². The number of nitriles is 1. The third-order valence-electron chi connectivity index (χ3n) is 8.26. The van der Waals surface area contributed by atoms with Crippen LogP contribution < -0.4 is 10.5 Å². The first kappa shape index (κ1) is 34.5. The van der Waals surface area contributed by atoms with Crippen LogP contribution in [-0.2, 0) is 4.79 Å². The lowest BCUT2D eigenvalue weighted by Crippen LogP contribution is -2.58. The van der Waals surface area contributed by atoms with Crippen LogP contribution in [0.25, 0.3) is 28.0 Å². The smallest absolute Gasteiger partial charge is 0.276 e. The Balaban J connectivity index is 1.95. The van der Waals surface area contributed by atoms with E-state index in [9.17, 15) is 24.3 Å². The molecular weight excluding hydrogens is 689 g/mol. The Labute approximate surface area is 290 Å². The van der Waals surface area contributed by atoms with Crippen LogP contribution in [0.2, 0.25) is 20.1 Å². The lowest BCUT2D eigenvalue weighted by Gasteiger charge is -2.45. The number of halogens is 5. The molecule has 1 amide bonds. The van der Waals surface area contributed by atoms with Crippen LogP contribution in [0.5, 0.6) is 5.75 Å². The van der Waals surface area contributed by atoms with Crippen LogP contribution in [0.3, 0.4) is 0 Å². The number of aromatic nitrogens is 3. The maximum atomic E-state index is 14.6. The third-order valence-corrected chi connectivity index (χ3v) is 9.72. The Morgan fingerprint density at radius 1 is 1.15 bits per heavy atom. The van der Waals surface area contributed by atoms with Gasteiger partial charge in [0.15, 0.2) is 5.82 Å². The predicted molar refractivity (Wildman–Crippen MR) is 184 cm³/mol. The van der Waals surface area contributed by atoms with Gasteiger partial charge in [0.2, 0.25) is 5.91 Å². The zero-order chi connectivity index (χ0) is 34.6. The van der Waals surface area contributed by atoms with Crippen molar-refractivity contribution in [1.82, 2.24) is 19.4 Å². The molecule has 3 aromatic heterocycles. The maximum Gasteiger partial charge on any atom is 0.276 e. The number of phenols is 1. The molecule has 2 atom stereocenters. The average molecular weight is 718 g/mol. The number of anilines is 1. The molecule has 47 heavy (non-hydrogen) atoms. The lowest BCUT2D eigenvalue weighted by atomic mass is 10.0. The van der Waals surface area contributed by atoms with E-state index in [2.05, 4.69) is 17.6 Å². The molecule has 4 heterocycles. The zero-order valence-corrected chi connectivity index (χ0v) is 29.0. The highest BCUT2D eigenvalue weighted by Gasteiger charge is 2.36. The number of aryl methyl sites for hydroxylation is 1. The molecule has 14 heteroatoms. The molecule has 1 fully saturated rings. The minimum Gasteiger partial charge on any atom is -0.506 e. The van der Waals surface area contributed by atoms with Gasteiger partial charge in [-0.05, 0) is 50.5 Å². The van der Waals surface area contributed by atoms with Gasteiger partial charge in [0.1, 0.15) is 28.1 Å². The summed E-state index contributed by atoms with van der Waals surface area (Å²) in [4.78, 5) is 40.1. The van der Waals surface area contributed by atoms with Gasteiger partial charge in [0.05, 0.1) is 43.4 Å². The van der Waals surface area contributed by atoms with Crippen molar-refractivity contribution in [3.8, 4) is 28.8 Å². The number of amides is 1. The van der Waals surface area contributed by atoms with E-state index in [-0.39, 0.29) is 70.2 Å². The maximum absolute atomic E-state index is 14.6. The fourth-order valence-electron chi connectivity index (χ4n) is 6.25. The van der Waals surface area contributed by atoms with Gasteiger partial charge in [0.25, 0.3) is 5.56 Å². The zero-order valence-electron chi connectivity index (χ0n) is 26.0. The van der Waals surface area contributed by atoms with Gasteiger partial charge in [-0.1, -0.05) is 66.8 Å². The first-order valence-corrected chi connectivity index (χ1v) is 16.1. The van der Waals surface area contributed by atoms with Crippen molar-refractivity contribution < 1.29 is 14.3 Å². The van der Waals surface area contributed by atoms with E-state index in [1.54, 1.807) is 24.1 Å².